The van der Waals surface area contributed by atoms with Crippen molar-refractivity contribution in [2.24, 2.45) is 28.8 Å². The highest BCUT2D eigenvalue weighted by molar-refractivity contribution is 6.03. The van der Waals surface area contributed by atoms with E-state index in [0.717, 1.165) is 42.4 Å². The summed E-state index contributed by atoms with van der Waals surface area (Å²) in [5, 5.41) is 48.1. The van der Waals surface area contributed by atoms with Gasteiger partial charge in [0, 0.05) is 61.8 Å². The van der Waals surface area contributed by atoms with E-state index in [1.807, 2.05) is 35.2 Å². The molecule has 6 atom stereocenters. The number of benzene rings is 4. The van der Waals surface area contributed by atoms with Crippen molar-refractivity contribution in [1.29, 1.82) is 0 Å². The number of aliphatic hydroxyl groups is 2. The van der Waals surface area contributed by atoms with Gasteiger partial charge in [0.05, 0.1) is 34.1 Å². The van der Waals surface area contributed by atoms with Gasteiger partial charge in [0.15, 0.2) is 11.5 Å². The summed E-state index contributed by atoms with van der Waals surface area (Å²) in [6.45, 7) is 4.45. The lowest BCUT2D eigenvalue weighted by Crippen LogP contribution is -2.70. The van der Waals surface area contributed by atoms with Crippen LogP contribution in [-0.2, 0) is 27.5 Å². The molecule has 0 aromatic heterocycles. The fraction of sp³-hybridized carbons (Fsp3) is 0.423. The van der Waals surface area contributed by atoms with Gasteiger partial charge < -0.3 is 43.6 Å². The van der Waals surface area contributed by atoms with Crippen LogP contribution in [0.15, 0.2) is 114 Å². The summed E-state index contributed by atoms with van der Waals surface area (Å²) in [4.78, 5) is 45.3. The number of amides is 1. The smallest absolute Gasteiger partial charge is 0.273 e. The Bertz CT molecular complexity index is 2620. The lowest BCUT2D eigenvalue weighted by atomic mass is 9.55. The van der Waals surface area contributed by atoms with Crippen LogP contribution in [0.25, 0.3) is 0 Å². The molecule has 2 saturated carbocycles. The number of hydrogen-bond donors (Lipinski definition) is 2. The van der Waals surface area contributed by atoms with Crippen molar-refractivity contribution in [3.63, 3.8) is 0 Å². The third kappa shape index (κ3) is 10.0. The molecule has 0 bridgehead atoms. The van der Waals surface area contributed by atoms with E-state index in [1.54, 1.807) is 36.4 Å². The number of fused-ring (bicyclic) bond motifs is 3. The van der Waals surface area contributed by atoms with E-state index in [-0.39, 0.29) is 92.9 Å². The van der Waals surface area contributed by atoms with Gasteiger partial charge in [-0.2, -0.15) is 0 Å². The van der Waals surface area contributed by atoms with Gasteiger partial charge in [-0.1, -0.05) is 42.3 Å². The second kappa shape index (κ2) is 20.8. The van der Waals surface area contributed by atoms with Gasteiger partial charge in [-0.05, 0) is 116 Å². The highest BCUT2D eigenvalue weighted by Gasteiger charge is 2.66. The summed E-state index contributed by atoms with van der Waals surface area (Å²) >= 11 is 0. The molecule has 0 spiro atoms. The van der Waals surface area contributed by atoms with Crippen molar-refractivity contribution in [1.82, 2.24) is 4.90 Å². The highest BCUT2D eigenvalue weighted by atomic mass is 16.7. The minimum Gasteiger partial charge on any atom is -0.459 e. The molecule has 2 N–H and O–H groups in total. The normalized spacial score (nSPS) is 23.5. The van der Waals surface area contributed by atoms with E-state index in [9.17, 15) is 30.4 Å². The van der Waals surface area contributed by atoms with Crippen LogP contribution in [0.4, 0.5) is 11.4 Å². The molecule has 3 aliphatic carbocycles. The molecule has 362 valence electrons. The number of aliphatic hydroxyl groups excluding tert-OH is 2. The number of rotatable bonds is 22. The minimum absolute atomic E-state index is 0.00888. The molecular weight excluding hydrogens is 889 g/mol. The third-order valence-corrected chi connectivity index (χ3v) is 13.8. The van der Waals surface area contributed by atoms with Crippen LogP contribution in [0.5, 0.6) is 28.7 Å². The summed E-state index contributed by atoms with van der Waals surface area (Å²) in [6, 6.07) is 22.5. The number of carbonyl (C=O) groups is 1. The third-order valence-electron chi connectivity index (χ3n) is 13.8. The maximum Gasteiger partial charge on any atom is 0.273 e. The lowest BCUT2D eigenvalue weighted by molar-refractivity contribution is -0.385. The largest absolute Gasteiger partial charge is 0.459 e. The number of oxime groups is 1. The topological polar surface area (TPSA) is 215 Å². The quantitative estimate of drug-likeness (QED) is 0.0326. The number of hydrogen-bond acceptors (Lipinski definition) is 14. The van der Waals surface area contributed by atoms with Crippen molar-refractivity contribution in [3.8, 4) is 28.7 Å². The van der Waals surface area contributed by atoms with Crippen LogP contribution in [0.2, 0.25) is 0 Å². The van der Waals surface area contributed by atoms with E-state index >= 15 is 4.79 Å². The molecule has 6 unspecified atom stereocenters. The lowest BCUT2D eigenvalue weighted by Gasteiger charge is -2.60. The van der Waals surface area contributed by atoms with Gasteiger partial charge in [0.1, 0.15) is 29.9 Å². The minimum atomic E-state index is -1.52. The standard InChI is InChI=1S/C52H56N4O13/c1-2-24-66-52-48(54(51(59)35-15-16-35)30-34-14-20-46-47(25-34)65-32-64-46)29-44(53-67-31-33-12-17-37(18-13-33)55(60)61)42-26-36(8-3-5-22-57)41(11-4-6-23-58)49(50(42)52)43-28-40(19-21-45(43)69-52)68-39-10-7-9-38(27-39)56(62)63/h2,7,9-10,12-14,17-21,25-28,35-36,41,48-50,57-58H,1,3-6,8,11,15-16,22-24,29-32H2. The Labute approximate surface area is 399 Å². The number of nitro groups is 2. The highest BCUT2D eigenvalue weighted by Crippen LogP contribution is 2.62. The summed E-state index contributed by atoms with van der Waals surface area (Å²) < 4.78 is 32.4. The van der Waals surface area contributed by atoms with Gasteiger partial charge >= 0.3 is 0 Å². The number of ether oxygens (including phenoxy) is 5. The number of nitro benzene ring substituents is 2. The molecule has 69 heavy (non-hydrogen) atoms. The maximum atomic E-state index is 15.0. The maximum absolute atomic E-state index is 15.0. The molecule has 4 aromatic rings. The number of allylic oxidation sites excluding steroid dienone is 1. The Hall–Kier alpha value is -6.82. The van der Waals surface area contributed by atoms with Gasteiger partial charge in [-0.25, -0.2) is 0 Å². The fourth-order valence-corrected chi connectivity index (χ4v) is 10.5. The molecule has 17 heteroatoms. The second-order valence-electron chi connectivity index (χ2n) is 18.3. The monoisotopic (exact) mass is 944 g/mol. The molecule has 5 aliphatic rings. The van der Waals surface area contributed by atoms with Gasteiger partial charge in [-0.15, -0.1) is 6.58 Å². The average Bonchev–Trinajstić information content (AvgIpc) is 4.10. The molecule has 0 radical (unpaired) electrons. The first-order valence-corrected chi connectivity index (χ1v) is 23.7. The SMILES string of the molecule is C=CCOC12Oc3ccc(Oc4cccc([N+](=O)[O-])c4)cc3C3C(CCCCO)C(CCCCO)C=C(C(=NOCc4ccc([N+](=O)[O-])cc4)CC1N(Cc1ccc4c(c1)OCO4)C(=O)C1CC1)C32. The molecule has 2 fully saturated rings. The van der Waals surface area contributed by atoms with Crippen LogP contribution >= 0.6 is 0 Å². The Morgan fingerprint density at radius 1 is 0.855 bits per heavy atom. The predicted molar refractivity (Wildman–Crippen MR) is 252 cm³/mol. The summed E-state index contributed by atoms with van der Waals surface area (Å²) in [6.07, 6.45) is 9.62. The number of non-ortho nitro benzene ring substituents is 2. The summed E-state index contributed by atoms with van der Waals surface area (Å²) in [7, 11) is 0. The van der Waals surface area contributed by atoms with Crippen LogP contribution < -0.4 is 18.9 Å². The van der Waals surface area contributed by atoms with Crippen LogP contribution in [0.1, 0.15) is 80.4 Å². The zero-order chi connectivity index (χ0) is 48.1. The van der Waals surface area contributed by atoms with Gasteiger partial charge in [-0.3, -0.25) is 25.0 Å². The van der Waals surface area contributed by atoms with Crippen molar-refractivity contribution in [2.75, 3.05) is 26.6 Å². The number of carbonyl (C=O) groups excluding carboxylic acids is 1. The first kappa shape index (κ1) is 47.3. The molecule has 0 saturated heterocycles. The molecular formula is C52H56N4O13. The zero-order valence-corrected chi connectivity index (χ0v) is 38.2. The van der Waals surface area contributed by atoms with Crippen molar-refractivity contribution >= 4 is 23.0 Å². The predicted octanol–water partition coefficient (Wildman–Crippen LogP) is 9.30. The van der Waals surface area contributed by atoms with Crippen LogP contribution in [-0.4, -0.2) is 75.0 Å². The van der Waals surface area contributed by atoms with E-state index in [2.05, 4.69) is 12.7 Å². The van der Waals surface area contributed by atoms with Crippen molar-refractivity contribution in [3.05, 3.63) is 146 Å². The summed E-state index contributed by atoms with van der Waals surface area (Å²) in [5.74, 6) is -0.459. The van der Waals surface area contributed by atoms with E-state index in [0.29, 0.717) is 60.0 Å². The number of unbranched alkanes of at least 4 members (excludes halogenated alkanes) is 2. The average molecular weight is 945 g/mol. The number of nitrogens with zero attached hydrogens (tertiary/aromatic N) is 4. The molecule has 1 amide bonds. The van der Waals surface area contributed by atoms with Crippen molar-refractivity contribution < 1.29 is 53.4 Å². The first-order valence-electron chi connectivity index (χ1n) is 23.7. The first-order chi connectivity index (χ1) is 33.6. The van der Waals surface area contributed by atoms with Gasteiger partial charge in [0.2, 0.25) is 18.5 Å². The Morgan fingerprint density at radius 3 is 2.32 bits per heavy atom. The molecule has 4 aromatic carbocycles. The molecule has 17 nitrogen and oxygen atoms in total. The Kier molecular flexibility index (Phi) is 14.3. The van der Waals surface area contributed by atoms with Crippen LogP contribution in [0, 0.1) is 43.9 Å². The summed E-state index contributed by atoms with van der Waals surface area (Å²) in [5.41, 5.74) is 3.55. The van der Waals surface area contributed by atoms with E-state index in [1.165, 1.54) is 24.3 Å². The van der Waals surface area contributed by atoms with E-state index < -0.39 is 27.6 Å². The molecule has 9 rings (SSSR count). The van der Waals surface area contributed by atoms with Gasteiger partial charge in [0.25, 0.3) is 11.4 Å². The molecule has 2 aliphatic heterocycles. The second-order valence-corrected chi connectivity index (χ2v) is 18.3. The van der Waals surface area contributed by atoms with E-state index in [4.69, 9.17) is 33.7 Å². The Balaban J connectivity index is 1.22. The molecule has 2 heterocycles. The van der Waals surface area contributed by atoms with Crippen molar-refractivity contribution in [2.45, 2.75) is 88.7 Å². The fourth-order valence-electron chi connectivity index (χ4n) is 10.5. The van der Waals surface area contributed by atoms with Crippen LogP contribution in [0.3, 0.4) is 0 Å². The Morgan fingerprint density at radius 2 is 1.58 bits per heavy atom. The zero-order valence-electron chi connectivity index (χ0n) is 38.2.